The van der Waals surface area contributed by atoms with Gasteiger partial charge in [-0.2, -0.15) is 0 Å². The Morgan fingerprint density at radius 2 is 1.52 bits per heavy atom. The average Bonchev–Trinajstić information content (AvgIpc) is 3.42. The van der Waals surface area contributed by atoms with Crippen LogP contribution in [0.4, 0.5) is 0 Å². The van der Waals surface area contributed by atoms with E-state index in [9.17, 15) is 0 Å². The molecule has 1 aliphatic rings. The fraction of sp³-hybridized carbons (Fsp3) is 0.364. The Morgan fingerprint density at radius 3 is 2.11 bits per heavy atom. The third-order valence-corrected chi connectivity index (χ3v) is 5.33. The minimum absolute atomic E-state index is 0.0107. The van der Waals surface area contributed by atoms with Crippen LogP contribution >= 0.6 is 0 Å². The lowest BCUT2D eigenvalue weighted by Crippen LogP contribution is -2.36. The highest BCUT2D eigenvalue weighted by Crippen LogP contribution is 2.35. The van der Waals surface area contributed by atoms with Gasteiger partial charge in [-0.1, -0.05) is 19.1 Å². The standard InChI is InChI=1S/C22H27N3O2/c1-4-12-22(5-2)13-26-21(27-14-22)20-11-10-19(25-20)18-9-8-17(24-18)16-7-6-15(3)23-16/h4,6-12,21,23-25H,5,13-14H2,1-3H3. The van der Waals surface area contributed by atoms with Crippen LogP contribution in [0.1, 0.15) is 37.9 Å². The summed E-state index contributed by atoms with van der Waals surface area (Å²) >= 11 is 0. The fourth-order valence-electron chi connectivity index (χ4n) is 3.60. The number of rotatable bonds is 5. The lowest BCUT2D eigenvalue weighted by Gasteiger charge is -2.37. The Hall–Kier alpha value is -2.50. The molecule has 4 rings (SSSR count). The zero-order chi connectivity index (χ0) is 18.9. The number of H-pyrrole nitrogens is 3. The number of ether oxygens (including phenoxy) is 2. The maximum absolute atomic E-state index is 6.03. The second kappa shape index (κ2) is 7.25. The van der Waals surface area contributed by atoms with Crippen molar-refractivity contribution in [1.82, 2.24) is 15.0 Å². The lowest BCUT2D eigenvalue weighted by molar-refractivity contribution is -0.225. The van der Waals surface area contributed by atoms with Crippen molar-refractivity contribution in [2.45, 2.75) is 33.5 Å². The number of aromatic nitrogens is 3. The summed E-state index contributed by atoms with van der Waals surface area (Å²) in [5.41, 5.74) is 6.30. The van der Waals surface area contributed by atoms with E-state index in [2.05, 4.69) is 71.3 Å². The first-order valence-electron chi connectivity index (χ1n) is 9.54. The lowest BCUT2D eigenvalue weighted by atomic mass is 9.86. The normalized spacial score (nSPS) is 23.3. The molecule has 0 aliphatic carbocycles. The molecule has 5 heteroatoms. The molecule has 0 aromatic carbocycles. The molecule has 27 heavy (non-hydrogen) atoms. The molecule has 1 aliphatic heterocycles. The number of aromatic amines is 3. The van der Waals surface area contributed by atoms with Gasteiger partial charge in [0.1, 0.15) is 0 Å². The van der Waals surface area contributed by atoms with E-state index in [0.717, 1.165) is 40.6 Å². The van der Waals surface area contributed by atoms with Crippen LogP contribution in [0.2, 0.25) is 0 Å². The Bertz CT molecular complexity index is 923. The highest BCUT2D eigenvalue weighted by molar-refractivity contribution is 5.64. The summed E-state index contributed by atoms with van der Waals surface area (Å²) < 4.78 is 12.1. The molecule has 0 unspecified atom stereocenters. The minimum atomic E-state index is -0.343. The van der Waals surface area contributed by atoms with Crippen LogP contribution in [-0.2, 0) is 9.47 Å². The van der Waals surface area contributed by atoms with E-state index in [1.807, 2.05) is 13.0 Å². The number of nitrogens with one attached hydrogen (secondary N) is 3. The maximum Gasteiger partial charge on any atom is 0.198 e. The zero-order valence-electron chi connectivity index (χ0n) is 16.1. The van der Waals surface area contributed by atoms with Crippen molar-refractivity contribution in [2.24, 2.45) is 5.41 Å². The fourth-order valence-corrected chi connectivity index (χ4v) is 3.60. The Morgan fingerprint density at radius 1 is 0.926 bits per heavy atom. The maximum atomic E-state index is 6.03. The average molecular weight is 365 g/mol. The molecule has 0 radical (unpaired) electrons. The van der Waals surface area contributed by atoms with Crippen LogP contribution in [0.15, 0.2) is 48.6 Å². The summed E-state index contributed by atoms with van der Waals surface area (Å²) in [5.74, 6) is 0. The van der Waals surface area contributed by atoms with Gasteiger partial charge in [0.2, 0.25) is 0 Å². The van der Waals surface area contributed by atoms with Gasteiger partial charge < -0.3 is 24.4 Å². The number of allylic oxidation sites excluding steroid dienone is 1. The Kier molecular flexibility index (Phi) is 4.81. The van der Waals surface area contributed by atoms with Crippen molar-refractivity contribution >= 4 is 0 Å². The summed E-state index contributed by atoms with van der Waals surface area (Å²) in [7, 11) is 0. The smallest absolute Gasteiger partial charge is 0.198 e. The summed E-state index contributed by atoms with van der Waals surface area (Å²) in [4.78, 5) is 10.2. The zero-order valence-corrected chi connectivity index (χ0v) is 16.1. The van der Waals surface area contributed by atoms with Crippen LogP contribution in [-0.4, -0.2) is 28.2 Å². The van der Waals surface area contributed by atoms with E-state index in [0.29, 0.717) is 13.2 Å². The number of hydrogen-bond acceptors (Lipinski definition) is 2. The number of aryl methyl sites for hydroxylation is 1. The molecular weight excluding hydrogens is 338 g/mol. The first-order chi connectivity index (χ1) is 13.1. The van der Waals surface area contributed by atoms with E-state index in [1.54, 1.807) is 0 Å². The first-order valence-corrected chi connectivity index (χ1v) is 9.54. The minimum Gasteiger partial charge on any atom is -0.357 e. The molecule has 3 N–H and O–H groups in total. The third-order valence-electron chi connectivity index (χ3n) is 5.33. The van der Waals surface area contributed by atoms with Gasteiger partial charge in [-0.3, -0.25) is 0 Å². The van der Waals surface area contributed by atoms with Crippen molar-refractivity contribution in [3.63, 3.8) is 0 Å². The summed E-state index contributed by atoms with van der Waals surface area (Å²) in [6, 6.07) is 12.4. The monoisotopic (exact) mass is 365 g/mol. The van der Waals surface area contributed by atoms with Crippen molar-refractivity contribution < 1.29 is 9.47 Å². The highest BCUT2D eigenvalue weighted by atomic mass is 16.7. The van der Waals surface area contributed by atoms with Gasteiger partial charge in [0.25, 0.3) is 0 Å². The molecule has 5 nitrogen and oxygen atoms in total. The van der Waals surface area contributed by atoms with Crippen molar-refractivity contribution in [3.8, 4) is 22.8 Å². The van der Waals surface area contributed by atoms with Crippen molar-refractivity contribution in [2.75, 3.05) is 13.2 Å². The van der Waals surface area contributed by atoms with Crippen LogP contribution < -0.4 is 0 Å². The quantitative estimate of drug-likeness (QED) is 0.535. The van der Waals surface area contributed by atoms with Crippen molar-refractivity contribution in [1.29, 1.82) is 0 Å². The molecule has 0 bridgehead atoms. The van der Waals surface area contributed by atoms with Gasteiger partial charge in [0.15, 0.2) is 6.29 Å². The van der Waals surface area contributed by atoms with Crippen LogP contribution in [0.25, 0.3) is 22.8 Å². The van der Waals surface area contributed by atoms with Gasteiger partial charge >= 0.3 is 0 Å². The van der Waals surface area contributed by atoms with Crippen molar-refractivity contribution in [3.05, 3.63) is 59.9 Å². The van der Waals surface area contributed by atoms with E-state index < -0.39 is 0 Å². The molecule has 142 valence electrons. The second-order valence-corrected chi connectivity index (χ2v) is 7.34. The van der Waals surface area contributed by atoms with Gasteiger partial charge in [-0.15, -0.1) is 0 Å². The second-order valence-electron chi connectivity index (χ2n) is 7.34. The van der Waals surface area contributed by atoms with Crippen LogP contribution in [0.3, 0.4) is 0 Å². The molecule has 3 aromatic heterocycles. The van der Waals surface area contributed by atoms with Crippen LogP contribution in [0.5, 0.6) is 0 Å². The third kappa shape index (κ3) is 3.53. The summed E-state index contributed by atoms with van der Waals surface area (Å²) in [6.45, 7) is 7.61. The summed E-state index contributed by atoms with van der Waals surface area (Å²) in [5, 5.41) is 0. The van der Waals surface area contributed by atoms with E-state index in [1.165, 1.54) is 0 Å². The molecule has 0 saturated carbocycles. The molecule has 0 amide bonds. The SMILES string of the molecule is CC=CC1(CC)COC(c2ccc(-c3ccc(-c4ccc(C)[nH]4)[nH]3)[nH]2)OC1. The Labute approximate surface area is 159 Å². The Balaban J connectivity index is 1.47. The molecule has 1 fully saturated rings. The van der Waals surface area contributed by atoms with E-state index in [-0.39, 0.29) is 11.7 Å². The van der Waals surface area contributed by atoms with Crippen LogP contribution in [0, 0.1) is 12.3 Å². The predicted molar refractivity (Wildman–Crippen MR) is 107 cm³/mol. The highest BCUT2D eigenvalue weighted by Gasteiger charge is 2.34. The first kappa shape index (κ1) is 17.9. The molecule has 3 aromatic rings. The molecule has 0 spiro atoms. The summed E-state index contributed by atoms with van der Waals surface area (Å²) in [6.07, 6.45) is 4.94. The molecule has 4 heterocycles. The van der Waals surface area contributed by atoms with E-state index in [4.69, 9.17) is 9.47 Å². The molecule has 0 atom stereocenters. The molecular formula is C22H27N3O2. The van der Waals surface area contributed by atoms with Gasteiger partial charge in [-0.05, 0) is 56.7 Å². The largest absolute Gasteiger partial charge is 0.357 e. The number of hydrogen-bond donors (Lipinski definition) is 3. The van der Waals surface area contributed by atoms with E-state index >= 15 is 0 Å². The van der Waals surface area contributed by atoms with Gasteiger partial charge in [0.05, 0.1) is 41.7 Å². The van der Waals surface area contributed by atoms with Gasteiger partial charge in [0, 0.05) is 11.1 Å². The van der Waals surface area contributed by atoms with Gasteiger partial charge in [-0.25, -0.2) is 0 Å². The predicted octanol–water partition coefficient (Wildman–Crippen LogP) is 5.33. The molecule has 1 saturated heterocycles. The topological polar surface area (TPSA) is 65.8 Å².